The van der Waals surface area contributed by atoms with Gasteiger partial charge in [0.25, 0.3) is 0 Å². The minimum Gasteiger partial charge on any atom is -0.309 e. The van der Waals surface area contributed by atoms with Gasteiger partial charge in [0.1, 0.15) is 0 Å². The average molecular weight is 639 g/mol. The Bertz CT molecular complexity index is 2770. The molecule has 0 aliphatic carbocycles. The van der Waals surface area contributed by atoms with E-state index >= 15 is 0 Å². The second kappa shape index (κ2) is 11.4. The predicted octanol–water partition coefficient (Wildman–Crippen LogP) is 11.7. The van der Waals surface area contributed by atoms with Crippen LogP contribution in [0, 0.1) is 0 Å². The van der Waals surface area contributed by atoms with E-state index in [9.17, 15) is 0 Å². The highest BCUT2D eigenvalue weighted by Crippen LogP contribution is 2.38. The van der Waals surface area contributed by atoms with Gasteiger partial charge in [-0.1, -0.05) is 133 Å². The van der Waals surface area contributed by atoms with Crippen LogP contribution in [-0.2, 0) is 0 Å². The average Bonchev–Trinajstić information content (AvgIpc) is 3.71. The molecular formula is C46H30N4. The molecule has 0 atom stereocenters. The number of hydrogen-bond donors (Lipinski definition) is 0. The first kappa shape index (κ1) is 28.3. The molecule has 3 aromatic heterocycles. The topological polar surface area (TPSA) is 35.6 Å². The fraction of sp³-hybridized carbons (Fsp3) is 0. The maximum Gasteiger partial charge on any atom is 0.160 e. The number of fused-ring (bicyclic) bond motifs is 6. The van der Waals surface area contributed by atoms with Gasteiger partial charge in [0.2, 0.25) is 0 Å². The third-order valence-corrected chi connectivity index (χ3v) is 9.74. The van der Waals surface area contributed by atoms with Crippen LogP contribution < -0.4 is 0 Å². The Hall–Kier alpha value is -6.78. The molecule has 0 spiro atoms. The Labute approximate surface area is 289 Å². The van der Waals surface area contributed by atoms with Crippen LogP contribution in [0.4, 0.5) is 0 Å². The lowest BCUT2D eigenvalue weighted by Crippen LogP contribution is -2.01. The predicted molar refractivity (Wildman–Crippen MR) is 207 cm³/mol. The summed E-state index contributed by atoms with van der Waals surface area (Å²) in [5.74, 6) is 0.692. The van der Waals surface area contributed by atoms with Gasteiger partial charge in [0.15, 0.2) is 5.82 Å². The third kappa shape index (κ3) is 4.46. The maximum atomic E-state index is 5.25. The molecule has 0 N–H and O–H groups in total. The largest absolute Gasteiger partial charge is 0.309 e. The zero-order valence-electron chi connectivity index (χ0n) is 27.1. The molecular weight excluding hydrogens is 609 g/mol. The first-order valence-electron chi connectivity index (χ1n) is 16.9. The van der Waals surface area contributed by atoms with E-state index in [0.29, 0.717) is 5.82 Å². The SMILES string of the molecule is c1ccc(-c2nc(-c3cccc(-n4c5ccccc5c5ccccc54)c3)cc(-c3ccccc3-n3c4ccccc4c4ccccc43)n2)cc1. The van der Waals surface area contributed by atoms with Crippen LogP contribution in [0.2, 0.25) is 0 Å². The van der Waals surface area contributed by atoms with Gasteiger partial charge in [0.05, 0.1) is 39.1 Å². The standard InChI is InChI=1S/C46H30N4/c1-2-15-31(16-3-1)46-47-39(32-17-14-18-33(29-32)49-41-24-9-4-19-34(41)35-20-5-10-25-42(35)49)30-40(48-46)38-23-8-13-28-45(38)50-43-26-11-6-21-36(43)37-22-7-12-27-44(37)50/h1-30H. The molecule has 0 bridgehead atoms. The Kier molecular flexibility index (Phi) is 6.46. The number of aromatic nitrogens is 4. The van der Waals surface area contributed by atoms with Crippen molar-refractivity contribution >= 4 is 43.6 Å². The van der Waals surface area contributed by atoms with Crippen LogP contribution in [0.3, 0.4) is 0 Å². The van der Waals surface area contributed by atoms with Crippen LogP contribution in [0.15, 0.2) is 182 Å². The van der Waals surface area contributed by atoms with Gasteiger partial charge < -0.3 is 9.13 Å². The van der Waals surface area contributed by atoms with E-state index in [1.807, 2.05) is 18.2 Å². The van der Waals surface area contributed by atoms with Gasteiger partial charge in [-0.05, 0) is 48.5 Å². The van der Waals surface area contributed by atoms with E-state index < -0.39 is 0 Å². The highest BCUT2D eigenvalue weighted by molar-refractivity contribution is 6.10. The van der Waals surface area contributed by atoms with Gasteiger partial charge in [0, 0.05) is 43.9 Å². The molecule has 7 aromatic carbocycles. The molecule has 3 heterocycles. The van der Waals surface area contributed by atoms with Crippen molar-refractivity contribution in [3.63, 3.8) is 0 Å². The number of benzene rings is 7. The van der Waals surface area contributed by atoms with E-state index in [0.717, 1.165) is 50.5 Å². The van der Waals surface area contributed by atoms with E-state index in [2.05, 4.69) is 173 Å². The highest BCUT2D eigenvalue weighted by Gasteiger charge is 2.18. The fourth-order valence-corrected chi connectivity index (χ4v) is 7.52. The minimum absolute atomic E-state index is 0.692. The van der Waals surface area contributed by atoms with Gasteiger partial charge in [-0.15, -0.1) is 0 Å². The summed E-state index contributed by atoms with van der Waals surface area (Å²) in [6.07, 6.45) is 0. The molecule has 10 aromatic rings. The van der Waals surface area contributed by atoms with Crippen molar-refractivity contribution in [2.45, 2.75) is 0 Å². The first-order valence-corrected chi connectivity index (χ1v) is 16.9. The fourth-order valence-electron chi connectivity index (χ4n) is 7.52. The zero-order valence-corrected chi connectivity index (χ0v) is 27.1. The monoisotopic (exact) mass is 638 g/mol. The Morgan fingerprint density at radius 2 is 0.820 bits per heavy atom. The lowest BCUT2D eigenvalue weighted by atomic mass is 10.0. The number of rotatable bonds is 5. The summed E-state index contributed by atoms with van der Waals surface area (Å²) in [6.45, 7) is 0. The van der Waals surface area contributed by atoms with Gasteiger partial charge >= 0.3 is 0 Å². The number of nitrogens with zero attached hydrogens (tertiary/aromatic N) is 4. The van der Waals surface area contributed by atoms with E-state index in [1.165, 1.54) is 32.6 Å². The van der Waals surface area contributed by atoms with Crippen molar-refractivity contribution in [2.24, 2.45) is 0 Å². The maximum absolute atomic E-state index is 5.25. The minimum atomic E-state index is 0.692. The highest BCUT2D eigenvalue weighted by atomic mass is 15.0. The zero-order chi connectivity index (χ0) is 33.0. The van der Waals surface area contributed by atoms with E-state index in [4.69, 9.17) is 9.97 Å². The molecule has 0 amide bonds. The Morgan fingerprint density at radius 1 is 0.340 bits per heavy atom. The van der Waals surface area contributed by atoms with Crippen molar-refractivity contribution < 1.29 is 0 Å². The second-order valence-electron chi connectivity index (χ2n) is 12.6. The molecule has 4 heteroatoms. The van der Waals surface area contributed by atoms with Crippen molar-refractivity contribution in [2.75, 3.05) is 0 Å². The normalized spacial score (nSPS) is 11.6. The summed E-state index contributed by atoms with van der Waals surface area (Å²) in [5, 5.41) is 4.94. The summed E-state index contributed by atoms with van der Waals surface area (Å²) >= 11 is 0. The molecule has 0 aliphatic heterocycles. The lowest BCUT2D eigenvalue weighted by molar-refractivity contribution is 1.15. The molecule has 10 rings (SSSR count). The molecule has 0 saturated carbocycles. The third-order valence-electron chi connectivity index (χ3n) is 9.74. The summed E-state index contributed by atoms with van der Waals surface area (Å²) < 4.78 is 4.72. The molecule has 0 radical (unpaired) electrons. The van der Waals surface area contributed by atoms with Crippen LogP contribution >= 0.6 is 0 Å². The first-order chi connectivity index (χ1) is 24.8. The molecule has 0 unspecified atom stereocenters. The van der Waals surface area contributed by atoms with E-state index in [1.54, 1.807) is 0 Å². The van der Waals surface area contributed by atoms with Crippen molar-refractivity contribution in [1.29, 1.82) is 0 Å². The summed E-state index contributed by atoms with van der Waals surface area (Å²) in [4.78, 5) is 10.5. The van der Waals surface area contributed by atoms with Crippen LogP contribution in [0.1, 0.15) is 0 Å². The summed E-state index contributed by atoms with van der Waals surface area (Å²) in [5.41, 5.74) is 11.6. The Balaban J connectivity index is 1.20. The van der Waals surface area contributed by atoms with Crippen molar-refractivity contribution in [1.82, 2.24) is 19.1 Å². The second-order valence-corrected chi connectivity index (χ2v) is 12.6. The van der Waals surface area contributed by atoms with Crippen LogP contribution in [0.25, 0.3) is 88.9 Å². The smallest absolute Gasteiger partial charge is 0.160 e. The molecule has 234 valence electrons. The van der Waals surface area contributed by atoms with Crippen molar-refractivity contribution in [3.05, 3.63) is 182 Å². The van der Waals surface area contributed by atoms with E-state index in [-0.39, 0.29) is 0 Å². The van der Waals surface area contributed by atoms with Gasteiger partial charge in [-0.25, -0.2) is 9.97 Å². The number of hydrogen-bond acceptors (Lipinski definition) is 2. The molecule has 0 aliphatic rings. The molecule has 0 fully saturated rings. The summed E-state index contributed by atoms with van der Waals surface area (Å²) in [6, 6.07) is 64.2. The van der Waals surface area contributed by atoms with Gasteiger partial charge in [-0.2, -0.15) is 0 Å². The summed E-state index contributed by atoms with van der Waals surface area (Å²) in [7, 11) is 0. The Morgan fingerprint density at radius 3 is 1.44 bits per heavy atom. The van der Waals surface area contributed by atoms with Crippen LogP contribution in [0.5, 0.6) is 0 Å². The van der Waals surface area contributed by atoms with Crippen LogP contribution in [-0.4, -0.2) is 19.1 Å². The molecule has 50 heavy (non-hydrogen) atoms. The lowest BCUT2D eigenvalue weighted by Gasteiger charge is -2.15. The quantitative estimate of drug-likeness (QED) is 0.188. The number of para-hydroxylation sites is 5. The van der Waals surface area contributed by atoms with Gasteiger partial charge in [-0.3, -0.25) is 0 Å². The van der Waals surface area contributed by atoms with Crippen molar-refractivity contribution in [3.8, 4) is 45.3 Å². The molecule has 0 saturated heterocycles. The molecule has 4 nitrogen and oxygen atoms in total.